The lowest BCUT2D eigenvalue weighted by Gasteiger charge is -2.15. The summed E-state index contributed by atoms with van der Waals surface area (Å²) in [5.41, 5.74) is 3.07. The van der Waals surface area contributed by atoms with Gasteiger partial charge in [-0.3, -0.25) is 0 Å². The van der Waals surface area contributed by atoms with Crippen molar-refractivity contribution < 1.29 is 9.84 Å². The summed E-state index contributed by atoms with van der Waals surface area (Å²) >= 11 is 5.30. The van der Waals surface area contributed by atoms with Crippen LogP contribution in [0.3, 0.4) is 0 Å². The molecule has 0 atom stereocenters. The van der Waals surface area contributed by atoms with Gasteiger partial charge in [0.1, 0.15) is 17.3 Å². The van der Waals surface area contributed by atoms with E-state index in [1.165, 1.54) is 0 Å². The van der Waals surface area contributed by atoms with Crippen molar-refractivity contribution in [3.8, 4) is 11.5 Å². The second-order valence-electron chi connectivity index (χ2n) is 4.95. The van der Waals surface area contributed by atoms with Gasteiger partial charge in [-0.05, 0) is 68.4 Å². The van der Waals surface area contributed by atoms with Gasteiger partial charge < -0.3 is 20.5 Å². The van der Waals surface area contributed by atoms with Crippen molar-refractivity contribution in [2.24, 2.45) is 0 Å². The van der Waals surface area contributed by atoms with E-state index in [1.54, 1.807) is 14.0 Å². The maximum atomic E-state index is 9.88. The van der Waals surface area contributed by atoms with Crippen LogP contribution >= 0.6 is 12.2 Å². The van der Waals surface area contributed by atoms with E-state index in [0.29, 0.717) is 16.6 Å². The highest BCUT2D eigenvalue weighted by Gasteiger charge is 2.11. The number of nitrogens with zero attached hydrogens (tertiary/aromatic N) is 1. The first kappa shape index (κ1) is 16.0. The molecule has 116 valence electrons. The number of aromatic nitrogens is 1. The number of benzene rings is 1. The van der Waals surface area contributed by atoms with E-state index in [1.807, 2.05) is 38.1 Å². The summed E-state index contributed by atoms with van der Waals surface area (Å²) in [5, 5.41) is 16.5. The average Bonchev–Trinajstić information content (AvgIpc) is 2.51. The topological polar surface area (TPSA) is 66.4 Å². The monoisotopic (exact) mass is 317 g/mol. The third-order valence-electron chi connectivity index (χ3n) is 3.47. The zero-order valence-corrected chi connectivity index (χ0v) is 13.8. The standard InChI is InChI=1S/C16H19N3O2S/c1-9-10(2)15(17-11(3)14(9)20)19-16(22)18-12-5-7-13(21-4)8-6-12/h5-8,20H,1-4H3,(H2,17,18,19,22). The minimum absolute atomic E-state index is 0.220. The molecule has 0 aliphatic heterocycles. The molecule has 2 rings (SSSR count). The normalized spacial score (nSPS) is 10.2. The second-order valence-corrected chi connectivity index (χ2v) is 5.36. The van der Waals surface area contributed by atoms with Crippen molar-refractivity contribution in [3.05, 3.63) is 41.1 Å². The first-order valence-corrected chi connectivity index (χ1v) is 7.22. The van der Waals surface area contributed by atoms with Crippen molar-refractivity contribution in [1.82, 2.24) is 4.98 Å². The van der Waals surface area contributed by atoms with E-state index in [-0.39, 0.29) is 5.75 Å². The molecule has 0 saturated carbocycles. The molecule has 1 aromatic heterocycles. The first-order valence-electron chi connectivity index (χ1n) is 6.81. The lowest BCUT2D eigenvalue weighted by Crippen LogP contribution is -2.20. The number of hydrogen-bond donors (Lipinski definition) is 3. The van der Waals surface area contributed by atoms with Gasteiger partial charge >= 0.3 is 0 Å². The van der Waals surface area contributed by atoms with Crippen LogP contribution in [0.4, 0.5) is 11.5 Å². The number of thiocarbonyl (C=S) groups is 1. The molecule has 6 heteroatoms. The Kier molecular flexibility index (Phi) is 4.82. The predicted octanol–water partition coefficient (Wildman–Crippen LogP) is 3.53. The lowest BCUT2D eigenvalue weighted by molar-refractivity contribution is 0.415. The van der Waals surface area contributed by atoms with E-state index in [2.05, 4.69) is 15.6 Å². The highest BCUT2D eigenvalue weighted by atomic mass is 32.1. The molecule has 0 aliphatic carbocycles. The van der Waals surface area contributed by atoms with Gasteiger partial charge in [0.25, 0.3) is 0 Å². The van der Waals surface area contributed by atoms with Gasteiger partial charge in [0, 0.05) is 5.69 Å². The molecule has 1 heterocycles. The molecule has 0 unspecified atom stereocenters. The molecule has 0 aliphatic rings. The smallest absolute Gasteiger partial charge is 0.176 e. The molecule has 2 aromatic rings. The fourth-order valence-corrected chi connectivity index (χ4v) is 2.21. The Bertz CT molecular complexity index is 700. The quantitative estimate of drug-likeness (QED) is 0.753. The largest absolute Gasteiger partial charge is 0.506 e. The summed E-state index contributed by atoms with van der Waals surface area (Å²) in [6.45, 7) is 5.50. The summed E-state index contributed by atoms with van der Waals surface area (Å²) in [7, 11) is 1.62. The van der Waals surface area contributed by atoms with E-state index in [4.69, 9.17) is 17.0 Å². The number of rotatable bonds is 3. The summed E-state index contributed by atoms with van der Waals surface area (Å²) in [4.78, 5) is 4.33. The van der Waals surface area contributed by atoms with Crippen LogP contribution in [0.5, 0.6) is 11.5 Å². The molecular formula is C16H19N3O2S. The molecule has 1 aromatic carbocycles. The highest BCUT2D eigenvalue weighted by molar-refractivity contribution is 7.80. The van der Waals surface area contributed by atoms with Crippen LogP contribution in [0, 0.1) is 20.8 Å². The minimum atomic E-state index is 0.220. The number of hydrogen-bond acceptors (Lipinski definition) is 4. The lowest BCUT2D eigenvalue weighted by atomic mass is 10.1. The molecular weight excluding hydrogens is 298 g/mol. The highest BCUT2D eigenvalue weighted by Crippen LogP contribution is 2.27. The Labute approximate surface area is 135 Å². The molecule has 3 N–H and O–H groups in total. The van der Waals surface area contributed by atoms with E-state index >= 15 is 0 Å². The summed E-state index contributed by atoms with van der Waals surface area (Å²) in [6, 6.07) is 7.45. The van der Waals surface area contributed by atoms with Gasteiger partial charge in [-0.1, -0.05) is 0 Å². The number of nitrogens with one attached hydrogen (secondary N) is 2. The van der Waals surface area contributed by atoms with Gasteiger partial charge in [0.2, 0.25) is 0 Å². The van der Waals surface area contributed by atoms with E-state index in [9.17, 15) is 5.11 Å². The summed E-state index contributed by atoms with van der Waals surface area (Å²) in [6.07, 6.45) is 0. The first-order chi connectivity index (χ1) is 10.4. The third-order valence-corrected chi connectivity index (χ3v) is 3.68. The van der Waals surface area contributed by atoms with Crippen molar-refractivity contribution in [2.75, 3.05) is 17.7 Å². The van der Waals surface area contributed by atoms with Crippen molar-refractivity contribution in [1.29, 1.82) is 0 Å². The average molecular weight is 317 g/mol. The van der Waals surface area contributed by atoms with E-state index in [0.717, 1.165) is 22.6 Å². The predicted molar refractivity (Wildman–Crippen MR) is 93.0 cm³/mol. The fraction of sp³-hybridized carbons (Fsp3) is 0.250. The van der Waals surface area contributed by atoms with E-state index < -0.39 is 0 Å². The molecule has 0 bridgehead atoms. The zero-order valence-electron chi connectivity index (χ0n) is 13.0. The molecule has 0 amide bonds. The van der Waals surface area contributed by atoms with Crippen LogP contribution in [0.25, 0.3) is 0 Å². The van der Waals surface area contributed by atoms with Crippen LogP contribution in [0.1, 0.15) is 16.8 Å². The summed E-state index contributed by atoms with van der Waals surface area (Å²) < 4.78 is 5.11. The number of pyridine rings is 1. The number of aryl methyl sites for hydroxylation is 1. The van der Waals surface area contributed by atoms with Crippen molar-refractivity contribution >= 4 is 28.8 Å². The van der Waals surface area contributed by atoms with Crippen LogP contribution in [0.2, 0.25) is 0 Å². The van der Waals surface area contributed by atoms with Gasteiger partial charge in [-0.15, -0.1) is 0 Å². The van der Waals surface area contributed by atoms with Gasteiger partial charge in [0.05, 0.1) is 12.8 Å². The number of anilines is 2. The third kappa shape index (κ3) is 3.46. The fourth-order valence-electron chi connectivity index (χ4n) is 2.00. The van der Waals surface area contributed by atoms with Gasteiger partial charge in [-0.25, -0.2) is 4.98 Å². The molecule has 5 nitrogen and oxygen atoms in total. The Balaban J connectivity index is 2.12. The number of ether oxygens (including phenoxy) is 1. The van der Waals surface area contributed by atoms with Crippen molar-refractivity contribution in [3.63, 3.8) is 0 Å². The molecule has 0 saturated heterocycles. The van der Waals surface area contributed by atoms with Crippen LogP contribution in [-0.2, 0) is 0 Å². The number of aromatic hydroxyl groups is 1. The Hall–Kier alpha value is -2.34. The van der Waals surface area contributed by atoms with Crippen molar-refractivity contribution in [2.45, 2.75) is 20.8 Å². The maximum Gasteiger partial charge on any atom is 0.176 e. The summed E-state index contributed by atoms with van der Waals surface area (Å²) in [5.74, 6) is 1.64. The molecule has 0 spiro atoms. The van der Waals surface area contributed by atoms with Crippen LogP contribution in [0.15, 0.2) is 24.3 Å². The minimum Gasteiger partial charge on any atom is -0.506 e. The second kappa shape index (κ2) is 6.62. The van der Waals surface area contributed by atoms with Gasteiger partial charge in [0.15, 0.2) is 5.11 Å². The Morgan fingerprint density at radius 2 is 1.73 bits per heavy atom. The SMILES string of the molecule is COc1ccc(NC(=S)Nc2nc(C)c(O)c(C)c2C)cc1. The van der Waals surface area contributed by atoms with Gasteiger partial charge in [-0.2, -0.15) is 0 Å². The maximum absolute atomic E-state index is 9.88. The molecule has 22 heavy (non-hydrogen) atoms. The molecule has 0 radical (unpaired) electrons. The molecule has 0 fully saturated rings. The van der Waals surface area contributed by atoms with Crippen LogP contribution in [-0.4, -0.2) is 22.3 Å². The van der Waals surface area contributed by atoms with Crippen LogP contribution < -0.4 is 15.4 Å². The Morgan fingerprint density at radius 1 is 1.09 bits per heavy atom. The number of methoxy groups -OCH3 is 1. The zero-order chi connectivity index (χ0) is 16.3. The Morgan fingerprint density at radius 3 is 2.32 bits per heavy atom.